The van der Waals surface area contributed by atoms with Crippen molar-refractivity contribution in [2.75, 3.05) is 37.7 Å². The van der Waals surface area contributed by atoms with Crippen molar-refractivity contribution >= 4 is 34.1 Å². The molecule has 1 saturated heterocycles. The molecule has 0 bridgehead atoms. The summed E-state index contributed by atoms with van der Waals surface area (Å²) in [6.07, 6.45) is 1.37. The number of anilines is 2. The Kier molecular flexibility index (Phi) is 5.00. The molecule has 1 aliphatic heterocycles. The average Bonchev–Trinajstić information content (AvgIpc) is 2.87. The summed E-state index contributed by atoms with van der Waals surface area (Å²) >= 11 is 1.28. The zero-order valence-corrected chi connectivity index (χ0v) is 13.1. The van der Waals surface area contributed by atoms with Crippen LogP contribution in [0.15, 0.2) is 0 Å². The number of piperidine rings is 1. The molecule has 4 N–H and O–H groups in total. The van der Waals surface area contributed by atoms with E-state index in [-0.39, 0.29) is 23.6 Å². The van der Waals surface area contributed by atoms with Gasteiger partial charge < -0.3 is 21.3 Å². The number of carbonyl (C=O) groups excluding carboxylic acids is 2. The van der Waals surface area contributed by atoms with E-state index in [0.717, 1.165) is 6.54 Å². The number of nitrogens with zero attached hydrogens (tertiary/aromatic N) is 2. The van der Waals surface area contributed by atoms with Gasteiger partial charge in [0.05, 0.1) is 0 Å². The zero-order valence-electron chi connectivity index (χ0n) is 12.3. The van der Waals surface area contributed by atoms with E-state index in [1.807, 2.05) is 6.92 Å². The lowest BCUT2D eigenvalue weighted by Gasteiger charge is -2.30. The third kappa shape index (κ3) is 3.44. The highest BCUT2D eigenvalue weighted by atomic mass is 32.1. The number of hydrogen-bond acceptors (Lipinski definition) is 6. The van der Waals surface area contributed by atoms with Crippen LogP contribution in [0.4, 0.5) is 10.9 Å². The number of likely N-dealkylation sites (tertiary alicyclic amines) is 1. The summed E-state index contributed by atoms with van der Waals surface area (Å²) in [6, 6.07) is 0. The number of amides is 2. The van der Waals surface area contributed by atoms with Gasteiger partial charge in [0.25, 0.3) is 5.91 Å². The summed E-state index contributed by atoms with van der Waals surface area (Å²) in [5.41, 5.74) is 5.82. The van der Waals surface area contributed by atoms with E-state index in [9.17, 15) is 9.59 Å². The number of rotatable bonds is 4. The Bertz CT molecular complexity index is 523. The molecule has 0 aromatic carbocycles. The van der Waals surface area contributed by atoms with Gasteiger partial charge in [-0.25, -0.2) is 4.98 Å². The molecule has 0 radical (unpaired) electrons. The number of aromatic nitrogens is 1. The molecular weight excluding hydrogens is 290 g/mol. The lowest BCUT2D eigenvalue weighted by atomic mass is 9.96. The molecule has 0 spiro atoms. The lowest BCUT2D eigenvalue weighted by Crippen LogP contribution is -2.42. The van der Waals surface area contributed by atoms with Gasteiger partial charge in [0.1, 0.15) is 10.7 Å². The molecule has 1 aromatic heterocycles. The van der Waals surface area contributed by atoms with E-state index >= 15 is 0 Å². The number of nitrogens with one attached hydrogen (secondary N) is 2. The number of nitrogen functional groups attached to an aromatic ring is 1. The summed E-state index contributed by atoms with van der Waals surface area (Å²) in [7, 11) is 1.64. The molecule has 1 aliphatic rings. The van der Waals surface area contributed by atoms with E-state index in [4.69, 9.17) is 5.73 Å². The maximum absolute atomic E-state index is 12.5. The fourth-order valence-electron chi connectivity index (χ4n) is 2.40. The quantitative estimate of drug-likeness (QED) is 0.762. The van der Waals surface area contributed by atoms with Gasteiger partial charge in [0.15, 0.2) is 5.13 Å². The highest BCUT2D eigenvalue weighted by Gasteiger charge is 2.29. The Morgan fingerprint density at radius 1 is 1.43 bits per heavy atom. The monoisotopic (exact) mass is 311 g/mol. The zero-order chi connectivity index (χ0) is 15.4. The fraction of sp³-hybridized carbons (Fsp3) is 0.615. The minimum absolute atomic E-state index is 0.00447. The molecule has 7 nitrogen and oxygen atoms in total. The number of hydrogen-bond donors (Lipinski definition) is 3. The standard InChI is InChI=1S/C13H21N5O2S/c1-3-16-13-17-10(14)9(21-13)12(20)18-6-4-8(5-7-18)11(19)15-2/h8H,3-7,14H2,1-2H3,(H,15,19)(H,16,17). The molecule has 2 heterocycles. The van der Waals surface area contributed by atoms with Crippen LogP contribution in [0.1, 0.15) is 29.4 Å². The van der Waals surface area contributed by atoms with Crippen LogP contribution in [0.25, 0.3) is 0 Å². The summed E-state index contributed by atoms with van der Waals surface area (Å²) in [6.45, 7) is 3.84. The molecule has 0 unspecified atom stereocenters. The van der Waals surface area contributed by atoms with Gasteiger partial charge in [-0.1, -0.05) is 11.3 Å². The van der Waals surface area contributed by atoms with Crippen molar-refractivity contribution in [2.24, 2.45) is 5.92 Å². The predicted octanol–water partition coefficient (Wildman–Crippen LogP) is 0.755. The van der Waals surface area contributed by atoms with Gasteiger partial charge >= 0.3 is 0 Å². The van der Waals surface area contributed by atoms with E-state index in [1.54, 1.807) is 11.9 Å². The molecule has 0 saturated carbocycles. The van der Waals surface area contributed by atoms with Crippen molar-refractivity contribution in [3.8, 4) is 0 Å². The van der Waals surface area contributed by atoms with Gasteiger partial charge in [-0.15, -0.1) is 0 Å². The highest BCUT2D eigenvalue weighted by molar-refractivity contribution is 7.18. The Balaban J connectivity index is 2.00. The summed E-state index contributed by atoms with van der Waals surface area (Å²) in [5.74, 6) is 0.225. The highest BCUT2D eigenvalue weighted by Crippen LogP contribution is 2.28. The Morgan fingerprint density at radius 3 is 2.67 bits per heavy atom. The first kappa shape index (κ1) is 15.6. The second kappa shape index (κ2) is 6.75. The van der Waals surface area contributed by atoms with Crippen LogP contribution >= 0.6 is 11.3 Å². The Hall–Kier alpha value is -1.83. The van der Waals surface area contributed by atoms with Crippen LogP contribution in [0.5, 0.6) is 0 Å². The van der Waals surface area contributed by atoms with Gasteiger partial charge in [0, 0.05) is 32.6 Å². The normalized spacial score (nSPS) is 15.8. The van der Waals surface area contributed by atoms with E-state index < -0.39 is 0 Å². The number of thiazole rings is 1. The smallest absolute Gasteiger partial charge is 0.267 e. The van der Waals surface area contributed by atoms with Crippen molar-refractivity contribution in [1.82, 2.24) is 15.2 Å². The second-order valence-electron chi connectivity index (χ2n) is 4.94. The van der Waals surface area contributed by atoms with Crippen molar-refractivity contribution in [3.05, 3.63) is 4.88 Å². The SMILES string of the molecule is CCNc1nc(N)c(C(=O)N2CCC(C(=O)NC)CC2)s1. The third-order valence-corrected chi connectivity index (χ3v) is 4.59. The van der Waals surface area contributed by atoms with E-state index in [0.29, 0.717) is 35.9 Å². The topological polar surface area (TPSA) is 100 Å². The van der Waals surface area contributed by atoms with Gasteiger partial charge in [-0.2, -0.15) is 0 Å². The molecule has 2 amide bonds. The minimum Gasteiger partial charge on any atom is -0.382 e. The van der Waals surface area contributed by atoms with Gasteiger partial charge in [-0.05, 0) is 19.8 Å². The average molecular weight is 311 g/mol. The van der Waals surface area contributed by atoms with E-state index in [1.165, 1.54) is 11.3 Å². The number of nitrogens with two attached hydrogens (primary N) is 1. The van der Waals surface area contributed by atoms with Crippen LogP contribution in [-0.4, -0.2) is 48.4 Å². The molecule has 2 rings (SSSR count). The maximum atomic E-state index is 12.5. The molecule has 0 aliphatic carbocycles. The lowest BCUT2D eigenvalue weighted by molar-refractivity contribution is -0.125. The first-order valence-electron chi connectivity index (χ1n) is 7.07. The van der Waals surface area contributed by atoms with Crippen LogP contribution in [0.3, 0.4) is 0 Å². The molecular formula is C13H21N5O2S. The second-order valence-corrected chi connectivity index (χ2v) is 5.94. The molecule has 0 atom stereocenters. The Labute approximate surface area is 127 Å². The van der Waals surface area contributed by atoms with Crippen LogP contribution in [0.2, 0.25) is 0 Å². The molecule has 21 heavy (non-hydrogen) atoms. The molecule has 8 heteroatoms. The summed E-state index contributed by atoms with van der Waals surface area (Å²) in [4.78, 5) is 30.4. The molecule has 1 fully saturated rings. The van der Waals surface area contributed by atoms with Crippen molar-refractivity contribution in [3.63, 3.8) is 0 Å². The first-order chi connectivity index (χ1) is 10.1. The first-order valence-corrected chi connectivity index (χ1v) is 7.89. The van der Waals surface area contributed by atoms with Crippen molar-refractivity contribution in [1.29, 1.82) is 0 Å². The molecule has 1 aromatic rings. The number of carbonyl (C=O) groups is 2. The van der Waals surface area contributed by atoms with Crippen molar-refractivity contribution < 1.29 is 9.59 Å². The Morgan fingerprint density at radius 2 is 2.10 bits per heavy atom. The summed E-state index contributed by atoms with van der Waals surface area (Å²) in [5, 5.41) is 6.38. The van der Waals surface area contributed by atoms with Gasteiger partial charge in [-0.3, -0.25) is 9.59 Å². The molecule has 116 valence electrons. The van der Waals surface area contributed by atoms with Gasteiger partial charge in [0.2, 0.25) is 5.91 Å². The minimum atomic E-state index is -0.0930. The fourth-order valence-corrected chi connectivity index (χ4v) is 3.32. The van der Waals surface area contributed by atoms with E-state index in [2.05, 4.69) is 15.6 Å². The summed E-state index contributed by atoms with van der Waals surface area (Å²) < 4.78 is 0. The van der Waals surface area contributed by atoms with Crippen LogP contribution < -0.4 is 16.4 Å². The maximum Gasteiger partial charge on any atom is 0.267 e. The predicted molar refractivity (Wildman–Crippen MR) is 83.4 cm³/mol. The largest absolute Gasteiger partial charge is 0.382 e. The van der Waals surface area contributed by atoms with Crippen LogP contribution in [0, 0.1) is 5.92 Å². The van der Waals surface area contributed by atoms with Crippen LogP contribution in [-0.2, 0) is 4.79 Å². The van der Waals surface area contributed by atoms with Crippen molar-refractivity contribution in [2.45, 2.75) is 19.8 Å². The third-order valence-electron chi connectivity index (χ3n) is 3.57.